The van der Waals surface area contributed by atoms with Gasteiger partial charge in [0.1, 0.15) is 6.61 Å². The smallest absolute Gasteiger partial charge is 0.411 e. The van der Waals surface area contributed by atoms with Crippen LogP contribution in [0.4, 0.5) is 9.59 Å². The predicted octanol–water partition coefficient (Wildman–Crippen LogP) is 3.63. The lowest BCUT2D eigenvalue weighted by atomic mass is 9.85. The average molecular weight is 549 g/mol. The second kappa shape index (κ2) is 10.3. The molecule has 11 heteroatoms. The van der Waals surface area contributed by atoms with Crippen molar-refractivity contribution in [2.75, 3.05) is 27.2 Å². The second-order valence-electron chi connectivity index (χ2n) is 10.4. The largest absolute Gasteiger partial charge is 0.457 e. The minimum atomic E-state index is -1.81. The summed E-state index contributed by atoms with van der Waals surface area (Å²) in [6, 6.07) is 11.4. The number of pyridine rings is 2. The van der Waals surface area contributed by atoms with Gasteiger partial charge in [0, 0.05) is 43.7 Å². The summed E-state index contributed by atoms with van der Waals surface area (Å²) < 4.78 is 18.1. The van der Waals surface area contributed by atoms with Gasteiger partial charge < -0.3 is 28.6 Å². The van der Waals surface area contributed by atoms with Gasteiger partial charge in [0.25, 0.3) is 5.56 Å². The van der Waals surface area contributed by atoms with Crippen molar-refractivity contribution in [1.82, 2.24) is 19.4 Å². The minimum absolute atomic E-state index is 0.0555. The SMILES string of the molecule is CC[C@@]1(OC(=O)N(C)CCN(C)C(=O)OC(C)C)C(=O)OCc2c1cc1n(c2=O)Cc2cc3ccccc3nc2-1. The van der Waals surface area contributed by atoms with Crippen LogP contribution in [0, 0.1) is 0 Å². The van der Waals surface area contributed by atoms with E-state index in [1.807, 2.05) is 30.3 Å². The molecule has 210 valence electrons. The van der Waals surface area contributed by atoms with Crippen LogP contribution in [0.25, 0.3) is 22.3 Å². The Hall–Kier alpha value is -4.41. The third-order valence-electron chi connectivity index (χ3n) is 7.38. The quantitative estimate of drug-likeness (QED) is 0.265. The predicted molar refractivity (Wildman–Crippen MR) is 146 cm³/mol. The van der Waals surface area contributed by atoms with Crippen LogP contribution < -0.4 is 5.56 Å². The van der Waals surface area contributed by atoms with Crippen molar-refractivity contribution >= 4 is 29.1 Å². The standard InChI is InChI=1S/C29H32N4O7/c1-6-29(40-28(37)32(5)12-11-31(4)27(36)39-17(2)3)21-14-23-24-19(13-18-9-7-8-10-22(18)30-24)15-33(23)25(34)20(21)16-38-26(29)35/h7-10,13-14,17H,6,11-12,15-16H2,1-5H3/t29-/m0/s1. The Morgan fingerprint density at radius 2 is 1.80 bits per heavy atom. The molecule has 2 aromatic heterocycles. The minimum Gasteiger partial charge on any atom is -0.457 e. The normalized spacial score (nSPS) is 17.1. The maximum absolute atomic E-state index is 13.7. The van der Waals surface area contributed by atoms with Crippen LogP contribution >= 0.6 is 0 Å². The first-order chi connectivity index (χ1) is 19.1. The third-order valence-corrected chi connectivity index (χ3v) is 7.38. The van der Waals surface area contributed by atoms with Gasteiger partial charge in [0.2, 0.25) is 5.60 Å². The van der Waals surface area contributed by atoms with E-state index in [4.69, 9.17) is 19.2 Å². The lowest BCUT2D eigenvalue weighted by Crippen LogP contribution is -2.49. The number of carbonyl (C=O) groups excluding carboxylic acids is 3. The van der Waals surface area contributed by atoms with Crippen LogP contribution in [0.5, 0.6) is 0 Å². The summed E-state index contributed by atoms with van der Waals surface area (Å²) in [4.78, 5) is 59.6. The lowest BCUT2D eigenvalue weighted by molar-refractivity contribution is -0.173. The Bertz CT molecular complexity index is 1580. The molecule has 0 bridgehead atoms. The van der Waals surface area contributed by atoms with Crippen LogP contribution in [0.1, 0.15) is 43.9 Å². The average Bonchev–Trinajstić information content (AvgIpc) is 3.29. The van der Waals surface area contributed by atoms with Gasteiger partial charge in [-0.1, -0.05) is 25.1 Å². The zero-order valence-corrected chi connectivity index (χ0v) is 23.2. The Labute approximate surface area is 231 Å². The molecule has 0 N–H and O–H groups in total. The molecule has 11 nitrogen and oxygen atoms in total. The Kier molecular flexibility index (Phi) is 6.99. The van der Waals surface area contributed by atoms with Crippen molar-refractivity contribution < 1.29 is 28.6 Å². The number of amides is 2. The monoisotopic (exact) mass is 548 g/mol. The van der Waals surface area contributed by atoms with E-state index >= 15 is 0 Å². The highest BCUT2D eigenvalue weighted by molar-refractivity contribution is 5.88. The Morgan fingerprint density at radius 3 is 2.50 bits per heavy atom. The van der Waals surface area contributed by atoms with Gasteiger partial charge in [0.15, 0.2) is 0 Å². The highest BCUT2D eigenvalue weighted by atomic mass is 16.6. The number of aromatic nitrogens is 2. The molecule has 3 aromatic rings. The summed E-state index contributed by atoms with van der Waals surface area (Å²) in [5.41, 5.74) is 1.36. The molecule has 0 saturated carbocycles. The molecule has 1 atom stereocenters. The Morgan fingerprint density at radius 1 is 1.10 bits per heavy atom. The van der Waals surface area contributed by atoms with Gasteiger partial charge in [0.05, 0.1) is 35.1 Å². The van der Waals surface area contributed by atoms with Gasteiger partial charge >= 0.3 is 18.2 Å². The molecule has 0 spiro atoms. The van der Waals surface area contributed by atoms with E-state index in [1.54, 1.807) is 38.5 Å². The van der Waals surface area contributed by atoms with E-state index in [1.165, 1.54) is 16.8 Å². The van der Waals surface area contributed by atoms with Crippen LogP contribution in [-0.2, 0) is 37.8 Å². The highest BCUT2D eigenvalue weighted by Crippen LogP contribution is 2.41. The van der Waals surface area contributed by atoms with Crippen molar-refractivity contribution in [1.29, 1.82) is 0 Å². The first kappa shape index (κ1) is 27.2. The number of cyclic esters (lactones) is 1. The van der Waals surface area contributed by atoms with Gasteiger partial charge in [-0.3, -0.25) is 4.79 Å². The first-order valence-electron chi connectivity index (χ1n) is 13.2. The molecule has 2 amide bonds. The number of likely N-dealkylation sites (N-methyl/N-ethyl adjacent to an activating group) is 2. The molecule has 2 aliphatic heterocycles. The number of carbonyl (C=O) groups is 3. The number of hydrogen-bond acceptors (Lipinski definition) is 8. The summed E-state index contributed by atoms with van der Waals surface area (Å²) in [5.74, 6) is -0.740. The number of para-hydroxylation sites is 1. The second-order valence-corrected chi connectivity index (χ2v) is 10.4. The number of rotatable bonds is 6. The van der Waals surface area contributed by atoms with Crippen LogP contribution in [0.2, 0.25) is 0 Å². The molecular weight excluding hydrogens is 516 g/mol. The summed E-state index contributed by atoms with van der Waals surface area (Å²) in [6.45, 7) is 5.64. The molecule has 1 aromatic carbocycles. The summed E-state index contributed by atoms with van der Waals surface area (Å²) in [5, 5.41) is 0.966. The van der Waals surface area contributed by atoms with E-state index < -0.39 is 23.8 Å². The maximum atomic E-state index is 13.7. The maximum Gasteiger partial charge on any atom is 0.411 e. The van der Waals surface area contributed by atoms with Gasteiger partial charge in [-0.2, -0.15) is 0 Å². The van der Waals surface area contributed by atoms with Crippen LogP contribution in [0.3, 0.4) is 0 Å². The zero-order valence-electron chi connectivity index (χ0n) is 23.2. The fourth-order valence-corrected chi connectivity index (χ4v) is 5.08. The summed E-state index contributed by atoms with van der Waals surface area (Å²) in [6.07, 6.45) is -1.52. The molecule has 0 aliphatic carbocycles. The Balaban J connectivity index is 1.46. The zero-order chi connectivity index (χ0) is 28.8. The molecule has 0 saturated heterocycles. The van der Waals surface area contributed by atoms with E-state index in [9.17, 15) is 19.2 Å². The molecule has 0 fully saturated rings. The highest BCUT2D eigenvalue weighted by Gasteiger charge is 2.51. The number of ether oxygens (including phenoxy) is 3. The van der Waals surface area contributed by atoms with Crippen molar-refractivity contribution in [2.24, 2.45) is 0 Å². The first-order valence-corrected chi connectivity index (χ1v) is 13.2. The van der Waals surface area contributed by atoms with Gasteiger partial charge in [-0.25, -0.2) is 19.4 Å². The van der Waals surface area contributed by atoms with Gasteiger partial charge in [-0.05, 0) is 38.5 Å². The van der Waals surface area contributed by atoms with Crippen molar-refractivity contribution in [3.05, 3.63) is 63.4 Å². The van der Waals surface area contributed by atoms with E-state index in [-0.39, 0.29) is 43.3 Å². The number of benzene rings is 1. The van der Waals surface area contributed by atoms with E-state index in [0.717, 1.165) is 16.5 Å². The van der Waals surface area contributed by atoms with E-state index in [2.05, 4.69) is 0 Å². The molecule has 2 aliphatic rings. The molecule has 4 heterocycles. The third kappa shape index (κ3) is 4.55. The fourth-order valence-electron chi connectivity index (χ4n) is 5.08. The summed E-state index contributed by atoms with van der Waals surface area (Å²) in [7, 11) is 3.07. The van der Waals surface area contributed by atoms with E-state index in [0.29, 0.717) is 23.5 Å². The molecule has 5 rings (SSSR count). The lowest BCUT2D eigenvalue weighted by Gasteiger charge is -2.36. The van der Waals surface area contributed by atoms with Crippen molar-refractivity contribution in [3.63, 3.8) is 0 Å². The summed E-state index contributed by atoms with van der Waals surface area (Å²) >= 11 is 0. The van der Waals surface area contributed by atoms with Crippen LogP contribution in [0.15, 0.2) is 41.2 Å². The molecular formula is C29H32N4O7. The fraction of sp³-hybridized carbons (Fsp3) is 0.414. The molecule has 0 unspecified atom stereocenters. The number of hydrogen-bond donors (Lipinski definition) is 0. The number of fused-ring (bicyclic) bond motifs is 5. The molecule has 40 heavy (non-hydrogen) atoms. The van der Waals surface area contributed by atoms with Crippen LogP contribution in [-0.4, -0.2) is 70.8 Å². The van der Waals surface area contributed by atoms with Crippen molar-refractivity contribution in [2.45, 2.75) is 52.0 Å². The molecule has 0 radical (unpaired) electrons. The van der Waals surface area contributed by atoms with Crippen molar-refractivity contribution in [3.8, 4) is 11.4 Å². The van der Waals surface area contributed by atoms with Gasteiger partial charge in [-0.15, -0.1) is 0 Å². The number of nitrogens with zero attached hydrogens (tertiary/aromatic N) is 4. The topological polar surface area (TPSA) is 120 Å². The number of esters is 1.